The molecule has 138 valence electrons. The van der Waals surface area contributed by atoms with Gasteiger partial charge in [0.25, 0.3) is 0 Å². The molecule has 0 aliphatic heterocycles. The smallest absolute Gasteiger partial charge is 0.312 e. The van der Waals surface area contributed by atoms with Crippen LogP contribution >= 0.6 is 0 Å². The van der Waals surface area contributed by atoms with Crippen LogP contribution in [0, 0.1) is 27.1 Å². The van der Waals surface area contributed by atoms with Crippen molar-refractivity contribution < 1.29 is 9.53 Å². The van der Waals surface area contributed by atoms with E-state index in [1.54, 1.807) is 0 Å². The van der Waals surface area contributed by atoms with Crippen molar-refractivity contribution in [2.75, 3.05) is 0 Å². The average molecular weight is 327 g/mol. The van der Waals surface area contributed by atoms with Gasteiger partial charge in [-0.1, -0.05) is 83.1 Å². The maximum absolute atomic E-state index is 13.3. The van der Waals surface area contributed by atoms with Crippen molar-refractivity contribution >= 4 is 5.97 Å². The first-order valence-electron chi connectivity index (χ1n) is 8.93. The van der Waals surface area contributed by atoms with Gasteiger partial charge in [-0.05, 0) is 35.0 Å². The van der Waals surface area contributed by atoms with Crippen molar-refractivity contribution in [1.82, 2.24) is 0 Å². The predicted molar refractivity (Wildman–Crippen MR) is 100 cm³/mol. The molecule has 1 atom stereocenters. The topological polar surface area (TPSA) is 26.3 Å². The minimum Gasteiger partial charge on any atom is -0.461 e. The highest BCUT2D eigenvalue weighted by molar-refractivity contribution is 5.77. The zero-order valence-corrected chi connectivity index (χ0v) is 18.1. The molecule has 0 saturated carbocycles. The first-order valence-corrected chi connectivity index (χ1v) is 8.93. The molecule has 0 rings (SSSR count). The summed E-state index contributed by atoms with van der Waals surface area (Å²) in [5.74, 6) is -0.0604. The number of carbonyl (C=O) groups is 1. The van der Waals surface area contributed by atoms with Crippen molar-refractivity contribution in [3.63, 3.8) is 0 Å². The maximum Gasteiger partial charge on any atom is 0.312 e. The van der Waals surface area contributed by atoms with Crippen LogP contribution in [0.2, 0.25) is 0 Å². The van der Waals surface area contributed by atoms with E-state index in [2.05, 4.69) is 90.0 Å². The van der Waals surface area contributed by atoms with Gasteiger partial charge < -0.3 is 4.74 Å². The molecule has 23 heavy (non-hydrogen) atoms. The Morgan fingerprint density at radius 3 is 1.30 bits per heavy atom. The lowest BCUT2D eigenvalue weighted by Crippen LogP contribution is -2.49. The first-order chi connectivity index (χ1) is 9.72. The maximum atomic E-state index is 13.3. The summed E-state index contributed by atoms with van der Waals surface area (Å²) in [6.07, 6.45) is 0.688. The molecule has 2 heteroatoms. The van der Waals surface area contributed by atoms with Gasteiger partial charge in [0.15, 0.2) is 0 Å². The van der Waals surface area contributed by atoms with Gasteiger partial charge >= 0.3 is 5.97 Å². The van der Waals surface area contributed by atoms with E-state index in [0.29, 0.717) is 0 Å². The number of hydrogen-bond acceptors (Lipinski definition) is 2. The predicted octanol–water partition coefficient (Wildman–Crippen LogP) is 6.48. The highest BCUT2D eigenvalue weighted by Gasteiger charge is 2.50. The molecule has 2 nitrogen and oxygen atoms in total. The summed E-state index contributed by atoms with van der Waals surface area (Å²) in [7, 11) is 0. The molecule has 0 heterocycles. The largest absolute Gasteiger partial charge is 0.461 e. The van der Waals surface area contributed by atoms with E-state index in [0.717, 1.165) is 6.42 Å². The van der Waals surface area contributed by atoms with Gasteiger partial charge in [0.1, 0.15) is 6.10 Å². The lowest BCUT2D eigenvalue weighted by Gasteiger charge is -2.47. The quantitative estimate of drug-likeness (QED) is 0.555. The van der Waals surface area contributed by atoms with E-state index in [-0.39, 0.29) is 33.7 Å². The van der Waals surface area contributed by atoms with Crippen molar-refractivity contribution in [1.29, 1.82) is 0 Å². The minimum atomic E-state index is -0.514. The summed E-state index contributed by atoms with van der Waals surface area (Å²) in [5, 5.41) is 0. The van der Waals surface area contributed by atoms with Crippen LogP contribution in [-0.4, -0.2) is 12.1 Å². The molecule has 0 spiro atoms. The standard InChI is InChI=1S/C21H42O2/c1-17(2,3)14-21(13,20(10,11)12)16(22)23-15(18(4,5)6)19(7,8)9/h15H,14H2,1-13H3. The van der Waals surface area contributed by atoms with Gasteiger partial charge in [-0.25, -0.2) is 0 Å². The zero-order valence-electron chi connectivity index (χ0n) is 18.1. The van der Waals surface area contributed by atoms with E-state index < -0.39 is 5.41 Å². The lowest BCUT2D eigenvalue weighted by atomic mass is 9.61. The summed E-state index contributed by atoms with van der Waals surface area (Å²) < 4.78 is 6.18. The molecular formula is C21H42O2. The summed E-state index contributed by atoms with van der Waals surface area (Å²) in [4.78, 5) is 13.3. The number of esters is 1. The van der Waals surface area contributed by atoms with Crippen molar-refractivity contribution in [2.45, 2.75) is 103 Å². The van der Waals surface area contributed by atoms with Crippen molar-refractivity contribution in [3.8, 4) is 0 Å². The van der Waals surface area contributed by atoms with E-state index in [9.17, 15) is 4.79 Å². The average Bonchev–Trinajstić information content (AvgIpc) is 2.17. The van der Waals surface area contributed by atoms with Gasteiger partial charge in [-0.15, -0.1) is 0 Å². The molecule has 0 saturated heterocycles. The molecule has 0 aromatic carbocycles. The van der Waals surface area contributed by atoms with E-state index >= 15 is 0 Å². The Balaban J connectivity index is 5.74. The third-order valence-electron chi connectivity index (χ3n) is 4.79. The Morgan fingerprint density at radius 2 is 1.09 bits per heavy atom. The van der Waals surface area contributed by atoms with Crippen LogP contribution in [0.1, 0.15) is 96.4 Å². The fraction of sp³-hybridized carbons (Fsp3) is 0.952. The Kier molecular flexibility index (Phi) is 6.26. The summed E-state index contributed by atoms with van der Waals surface area (Å²) >= 11 is 0. The molecule has 0 bridgehead atoms. The van der Waals surface area contributed by atoms with Crippen LogP contribution in [0.15, 0.2) is 0 Å². The summed E-state index contributed by atoms with van der Waals surface area (Å²) in [6.45, 7) is 28.0. The molecular weight excluding hydrogens is 284 g/mol. The van der Waals surface area contributed by atoms with Gasteiger partial charge in [-0.2, -0.15) is 0 Å². The zero-order chi connectivity index (χ0) is 19.1. The second-order valence-corrected chi connectivity index (χ2v) is 11.8. The second kappa shape index (κ2) is 6.41. The molecule has 0 radical (unpaired) electrons. The minimum absolute atomic E-state index is 0.0604. The van der Waals surface area contributed by atoms with Crippen LogP contribution in [0.25, 0.3) is 0 Å². The van der Waals surface area contributed by atoms with Crippen LogP contribution in [-0.2, 0) is 9.53 Å². The SMILES string of the molecule is CC(C)(C)CC(C)(C(=O)OC(C(C)(C)C)C(C)(C)C)C(C)(C)C. The number of carbonyl (C=O) groups excluding carboxylic acids is 1. The van der Waals surface area contributed by atoms with Crippen molar-refractivity contribution in [3.05, 3.63) is 0 Å². The van der Waals surface area contributed by atoms with E-state index in [1.165, 1.54) is 0 Å². The van der Waals surface area contributed by atoms with E-state index in [1.807, 2.05) is 0 Å². The summed E-state index contributed by atoms with van der Waals surface area (Å²) in [5.41, 5.74) is -0.777. The molecule has 0 aromatic rings. The molecule has 0 fully saturated rings. The number of ether oxygens (including phenoxy) is 1. The fourth-order valence-corrected chi connectivity index (χ4v) is 3.59. The van der Waals surface area contributed by atoms with Gasteiger partial charge in [-0.3, -0.25) is 4.79 Å². The number of rotatable bonds is 3. The normalized spacial score (nSPS) is 17.1. The highest BCUT2D eigenvalue weighted by atomic mass is 16.5. The van der Waals surface area contributed by atoms with Crippen molar-refractivity contribution in [2.24, 2.45) is 27.1 Å². The van der Waals surface area contributed by atoms with Crippen LogP contribution in [0.4, 0.5) is 0 Å². The van der Waals surface area contributed by atoms with Crippen LogP contribution in [0.3, 0.4) is 0 Å². The Bertz CT molecular complexity index is 393. The lowest BCUT2D eigenvalue weighted by molar-refractivity contribution is -0.184. The third kappa shape index (κ3) is 6.12. The van der Waals surface area contributed by atoms with Gasteiger partial charge in [0.05, 0.1) is 5.41 Å². The van der Waals surface area contributed by atoms with Gasteiger partial charge in [0, 0.05) is 0 Å². The number of hydrogen-bond donors (Lipinski definition) is 0. The molecule has 0 amide bonds. The molecule has 0 N–H and O–H groups in total. The van der Waals surface area contributed by atoms with Gasteiger partial charge in [0.2, 0.25) is 0 Å². The monoisotopic (exact) mass is 326 g/mol. The summed E-state index contributed by atoms with van der Waals surface area (Å²) in [6, 6.07) is 0. The Morgan fingerprint density at radius 1 is 0.739 bits per heavy atom. The molecule has 1 unspecified atom stereocenters. The Labute approximate surface area is 145 Å². The third-order valence-corrected chi connectivity index (χ3v) is 4.79. The van der Waals surface area contributed by atoms with Crippen LogP contribution in [0.5, 0.6) is 0 Å². The van der Waals surface area contributed by atoms with Crippen LogP contribution < -0.4 is 0 Å². The van der Waals surface area contributed by atoms with E-state index in [4.69, 9.17) is 4.74 Å². The molecule has 0 aliphatic carbocycles. The molecule has 0 aromatic heterocycles. The highest BCUT2D eigenvalue weighted by Crippen LogP contribution is 2.49. The Hall–Kier alpha value is -0.530. The molecule has 0 aliphatic rings. The fourth-order valence-electron chi connectivity index (χ4n) is 3.59. The second-order valence-electron chi connectivity index (χ2n) is 11.8. The first kappa shape index (κ1) is 22.5.